The van der Waals surface area contributed by atoms with Crippen LogP contribution in [-0.4, -0.2) is 37.4 Å². The van der Waals surface area contributed by atoms with Gasteiger partial charge in [-0.2, -0.15) is 0 Å². The highest BCUT2D eigenvalue weighted by Gasteiger charge is 2.21. The van der Waals surface area contributed by atoms with Gasteiger partial charge in [0, 0.05) is 20.7 Å². The standard InChI is InChI=1S/C32H32O6S/c1-21(2)32(35)38-19-9-5-4-8-18-37-26-17-16-25(31(33)34)29(30(26)36-3)23-14-12-22(13-15-23)28-20-24-10-6-7-11-27(24)39-28/h6-7,10-17,20H,1,4-5,8-9,18-19H2,2-3H3,(H,33,34). The van der Waals surface area contributed by atoms with Crippen LogP contribution in [0.5, 0.6) is 11.5 Å². The normalized spacial score (nSPS) is 10.8. The Morgan fingerprint density at radius 2 is 1.59 bits per heavy atom. The Balaban J connectivity index is 1.45. The molecule has 39 heavy (non-hydrogen) atoms. The number of benzene rings is 3. The van der Waals surface area contributed by atoms with Crippen molar-refractivity contribution in [2.45, 2.75) is 32.6 Å². The molecular weight excluding hydrogens is 512 g/mol. The van der Waals surface area contributed by atoms with E-state index in [0.29, 0.717) is 35.8 Å². The number of thiophene rings is 1. The fraction of sp³-hybridized carbons (Fsp3) is 0.250. The summed E-state index contributed by atoms with van der Waals surface area (Å²) in [6.07, 6.45) is 3.39. The predicted octanol–water partition coefficient (Wildman–Crippen LogP) is 8.00. The molecule has 0 saturated heterocycles. The van der Waals surface area contributed by atoms with Crippen LogP contribution in [0, 0.1) is 0 Å². The molecule has 0 spiro atoms. The maximum Gasteiger partial charge on any atom is 0.336 e. The molecule has 6 nitrogen and oxygen atoms in total. The van der Waals surface area contributed by atoms with E-state index in [1.54, 1.807) is 30.4 Å². The van der Waals surface area contributed by atoms with E-state index >= 15 is 0 Å². The Morgan fingerprint density at radius 3 is 2.26 bits per heavy atom. The minimum absolute atomic E-state index is 0.151. The van der Waals surface area contributed by atoms with E-state index in [4.69, 9.17) is 14.2 Å². The average Bonchev–Trinajstić information content (AvgIpc) is 3.38. The Morgan fingerprint density at radius 1 is 0.897 bits per heavy atom. The lowest BCUT2D eigenvalue weighted by molar-refractivity contribution is -0.139. The van der Waals surface area contributed by atoms with Crippen LogP contribution in [0.1, 0.15) is 43.0 Å². The van der Waals surface area contributed by atoms with E-state index in [1.807, 2.05) is 36.4 Å². The van der Waals surface area contributed by atoms with Gasteiger partial charge in [0.1, 0.15) is 0 Å². The number of ether oxygens (including phenoxy) is 3. The third kappa shape index (κ3) is 6.86. The molecular formula is C32H32O6S. The van der Waals surface area contributed by atoms with Crippen molar-refractivity contribution in [2.24, 2.45) is 0 Å². The summed E-state index contributed by atoms with van der Waals surface area (Å²) in [6, 6.07) is 21.5. The third-order valence-corrected chi connectivity index (χ3v) is 7.48. The monoisotopic (exact) mass is 544 g/mol. The first-order valence-corrected chi connectivity index (χ1v) is 13.7. The topological polar surface area (TPSA) is 82.1 Å². The van der Waals surface area contributed by atoms with Crippen LogP contribution in [0.2, 0.25) is 0 Å². The van der Waals surface area contributed by atoms with Gasteiger partial charge in [-0.15, -0.1) is 11.3 Å². The van der Waals surface area contributed by atoms with Gasteiger partial charge in [-0.1, -0.05) is 49.0 Å². The Kier molecular flexibility index (Phi) is 9.39. The zero-order valence-electron chi connectivity index (χ0n) is 22.2. The van der Waals surface area contributed by atoms with E-state index in [2.05, 4.69) is 24.8 Å². The van der Waals surface area contributed by atoms with Gasteiger partial charge in [0.2, 0.25) is 0 Å². The smallest absolute Gasteiger partial charge is 0.336 e. The first-order valence-electron chi connectivity index (χ1n) is 12.9. The lowest BCUT2D eigenvalue weighted by Gasteiger charge is -2.17. The van der Waals surface area contributed by atoms with Gasteiger partial charge >= 0.3 is 11.9 Å². The minimum Gasteiger partial charge on any atom is -0.492 e. The number of hydrogen-bond acceptors (Lipinski definition) is 6. The van der Waals surface area contributed by atoms with Gasteiger partial charge in [-0.25, -0.2) is 9.59 Å². The fourth-order valence-electron chi connectivity index (χ4n) is 4.30. The van der Waals surface area contributed by atoms with Crippen LogP contribution in [-0.2, 0) is 9.53 Å². The number of hydrogen-bond donors (Lipinski definition) is 1. The van der Waals surface area contributed by atoms with Crippen LogP contribution in [0.4, 0.5) is 0 Å². The molecule has 1 aromatic heterocycles. The van der Waals surface area contributed by atoms with Crippen molar-refractivity contribution < 1.29 is 28.9 Å². The van der Waals surface area contributed by atoms with Crippen molar-refractivity contribution in [1.82, 2.24) is 0 Å². The van der Waals surface area contributed by atoms with Gasteiger partial charge in [-0.3, -0.25) is 0 Å². The van der Waals surface area contributed by atoms with Gasteiger partial charge in [0.15, 0.2) is 11.5 Å². The van der Waals surface area contributed by atoms with E-state index in [-0.39, 0.29) is 11.5 Å². The number of aromatic carboxylic acids is 1. The van der Waals surface area contributed by atoms with Crippen LogP contribution < -0.4 is 9.47 Å². The Labute approximate surface area is 232 Å². The molecule has 3 aromatic carbocycles. The van der Waals surface area contributed by atoms with Crippen molar-refractivity contribution in [2.75, 3.05) is 20.3 Å². The number of unbranched alkanes of at least 4 members (excludes halogenated alkanes) is 3. The number of esters is 1. The Hall–Kier alpha value is -4.10. The van der Waals surface area contributed by atoms with Crippen molar-refractivity contribution in [3.05, 3.63) is 84.4 Å². The summed E-state index contributed by atoms with van der Waals surface area (Å²) in [4.78, 5) is 24.7. The molecule has 0 bridgehead atoms. The highest BCUT2D eigenvalue weighted by atomic mass is 32.1. The molecule has 7 heteroatoms. The summed E-state index contributed by atoms with van der Waals surface area (Å²) in [7, 11) is 1.52. The first-order chi connectivity index (χ1) is 18.9. The summed E-state index contributed by atoms with van der Waals surface area (Å²) < 4.78 is 18.0. The van der Waals surface area contributed by atoms with Gasteiger partial charge in [0.25, 0.3) is 0 Å². The van der Waals surface area contributed by atoms with Gasteiger partial charge < -0.3 is 19.3 Å². The van der Waals surface area contributed by atoms with E-state index in [0.717, 1.165) is 41.7 Å². The summed E-state index contributed by atoms with van der Waals surface area (Å²) >= 11 is 1.73. The van der Waals surface area contributed by atoms with Crippen molar-refractivity contribution in [3.63, 3.8) is 0 Å². The van der Waals surface area contributed by atoms with Crippen LogP contribution in [0.25, 0.3) is 31.7 Å². The van der Waals surface area contributed by atoms with Gasteiger partial charge in [-0.05, 0) is 73.4 Å². The summed E-state index contributed by atoms with van der Waals surface area (Å²) in [6.45, 7) is 6.03. The summed E-state index contributed by atoms with van der Waals surface area (Å²) in [5, 5.41) is 11.1. The van der Waals surface area contributed by atoms with Crippen molar-refractivity contribution in [3.8, 4) is 33.1 Å². The molecule has 1 heterocycles. The molecule has 202 valence electrons. The number of methoxy groups -OCH3 is 1. The first kappa shape index (κ1) is 27.9. The van der Waals surface area contributed by atoms with Crippen LogP contribution >= 0.6 is 11.3 Å². The maximum atomic E-state index is 12.1. The van der Waals surface area contributed by atoms with E-state index < -0.39 is 5.97 Å². The summed E-state index contributed by atoms with van der Waals surface area (Å²) in [5.41, 5.74) is 2.85. The van der Waals surface area contributed by atoms with Crippen LogP contribution in [0.15, 0.2) is 78.9 Å². The molecule has 0 atom stereocenters. The number of carbonyl (C=O) groups is 2. The second kappa shape index (κ2) is 13.1. The maximum absolute atomic E-state index is 12.1. The van der Waals surface area contributed by atoms with Crippen molar-refractivity contribution >= 4 is 33.4 Å². The molecule has 0 fully saturated rings. The number of rotatable bonds is 13. The quantitative estimate of drug-likeness (QED) is 0.104. The van der Waals surface area contributed by atoms with E-state index in [9.17, 15) is 14.7 Å². The second-order valence-corrected chi connectivity index (χ2v) is 10.3. The van der Waals surface area contributed by atoms with E-state index in [1.165, 1.54) is 17.2 Å². The lowest BCUT2D eigenvalue weighted by Crippen LogP contribution is -2.06. The minimum atomic E-state index is -1.03. The molecule has 0 saturated carbocycles. The molecule has 1 N–H and O–H groups in total. The third-order valence-electron chi connectivity index (χ3n) is 6.32. The molecule has 0 unspecified atom stereocenters. The SMILES string of the molecule is C=C(C)C(=O)OCCCCCCOc1ccc(C(=O)O)c(-c2ccc(-c3cc4ccccc4s3)cc2)c1OC. The molecule has 0 aliphatic heterocycles. The lowest BCUT2D eigenvalue weighted by atomic mass is 9.96. The van der Waals surface area contributed by atoms with Crippen molar-refractivity contribution in [1.29, 1.82) is 0 Å². The highest BCUT2D eigenvalue weighted by molar-refractivity contribution is 7.22. The molecule has 4 aromatic rings. The number of carboxylic acids is 1. The zero-order chi connectivity index (χ0) is 27.8. The number of carbonyl (C=O) groups excluding carboxylic acids is 1. The Bertz CT molecular complexity index is 1440. The molecule has 0 aliphatic carbocycles. The number of fused-ring (bicyclic) bond motifs is 1. The second-order valence-electron chi connectivity index (χ2n) is 9.23. The zero-order valence-corrected chi connectivity index (χ0v) is 23.0. The predicted molar refractivity (Wildman–Crippen MR) is 156 cm³/mol. The molecule has 0 aliphatic rings. The summed E-state index contributed by atoms with van der Waals surface area (Å²) in [5.74, 6) is -0.491. The largest absolute Gasteiger partial charge is 0.492 e. The fourth-order valence-corrected chi connectivity index (χ4v) is 5.37. The highest BCUT2D eigenvalue weighted by Crippen LogP contribution is 2.42. The van der Waals surface area contributed by atoms with Crippen LogP contribution in [0.3, 0.4) is 0 Å². The van der Waals surface area contributed by atoms with Gasteiger partial charge in [0.05, 0.1) is 25.9 Å². The molecule has 0 amide bonds. The average molecular weight is 545 g/mol. The molecule has 0 radical (unpaired) electrons. The molecule has 4 rings (SSSR count). The number of carboxylic acid groups (broad SMARTS) is 1.